The number of nitrogens with one attached hydrogen (secondary N) is 1. The molecule has 0 radical (unpaired) electrons. The molecule has 0 spiro atoms. The van der Waals surface area contributed by atoms with E-state index in [1.54, 1.807) is 11.3 Å². The molecular formula is C20H23N3OS2. The first-order chi connectivity index (χ1) is 12.4. The summed E-state index contributed by atoms with van der Waals surface area (Å²) in [6, 6.07) is 6.02. The minimum atomic E-state index is -0.0122. The van der Waals surface area contributed by atoms with Crippen LogP contribution >= 0.6 is 23.1 Å². The molecule has 0 aliphatic carbocycles. The number of thioether (sulfide) groups is 1. The van der Waals surface area contributed by atoms with Crippen molar-refractivity contribution in [3.8, 4) is 0 Å². The lowest BCUT2D eigenvalue weighted by molar-refractivity contribution is -0.113. The minimum Gasteiger partial charge on any atom is -0.325 e. The Bertz CT molecular complexity index is 959. The van der Waals surface area contributed by atoms with Gasteiger partial charge in [-0.25, -0.2) is 9.97 Å². The average molecular weight is 386 g/mol. The number of aryl methyl sites for hydroxylation is 5. The largest absolute Gasteiger partial charge is 0.325 e. The summed E-state index contributed by atoms with van der Waals surface area (Å²) in [5, 5.41) is 5.07. The minimum absolute atomic E-state index is 0.0122. The Kier molecular flexibility index (Phi) is 5.63. The van der Waals surface area contributed by atoms with Gasteiger partial charge < -0.3 is 5.32 Å². The topological polar surface area (TPSA) is 54.9 Å². The second-order valence-electron chi connectivity index (χ2n) is 6.35. The van der Waals surface area contributed by atoms with Crippen LogP contribution in [0.25, 0.3) is 10.2 Å². The maximum absolute atomic E-state index is 12.5. The van der Waals surface area contributed by atoms with Crippen molar-refractivity contribution in [2.24, 2.45) is 0 Å². The van der Waals surface area contributed by atoms with Crippen LogP contribution in [-0.2, 0) is 11.2 Å². The van der Waals surface area contributed by atoms with Gasteiger partial charge in [0.15, 0.2) is 0 Å². The summed E-state index contributed by atoms with van der Waals surface area (Å²) < 4.78 is 0. The molecule has 3 aromatic rings. The monoisotopic (exact) mass is 385 g/mol. The molecule has 6 heteroatoms. The molecule has 1 aromatic carbocycles. The number of thiophene rings is 1. The van der Waals surface area contributed by atoms with E-state index in [1.807, 2.05) is 39.0 Å². The number of anilines is 1. The third kappa shape index (κ3) is 3.76. The van der Waals surface area contributed by atoms with Crippen LogP contribution in [0.5, 0.6) is 0 Å². The van der Waals surface area contributed by atoms with E-state index >= 15 is 0 Å². The fraction of sp³-hybridized carbons (Fsp3) is 0.350. The smallest absolute Gasteiger partial charge is 0.234 e. The SMILES string of the molecule is CCc1c(C)sc2nc(C)nc(SCC(=O)Nc3c(C)cccc3C)c12. The lowest BCUT2D eigenvalue weighted by atomic mass is 10.1. The highest BCUT2D eigenvalue weighted by molar-refractivity contribution is 8.00. The molecule has 26 heavy (non-hydrogen) atoms. The number of hydrogen-bond acceptors (Lipinski definition) is 5. The summed E-state index contributed by atoms with van der Waals surface area (Å²) in [5.41, 5.74) is 4.35. The van der Waals surface area contributed by atoms with Crippen molar-refractivity contribution in [2.75, 3.05) is 11.1 Å². The van der Waals surface area contributed by atoms with Crippen LogP contribution < -0.4 is 5.32 Å². The molecule has 0 saturated heterocycles. The zero-order valence-electron chi connectivity index (χ0n) is 15.8. The fourth-order valence-corrected chi connectivity index (χ4v) is 5.21. The van der Waals surface area contributed by atoms with Crippen molar-refractivity contribution in [1.29, 1.82) is 0 Å². The summed E-state index contributed by atoms with van der Waals surface area (Å²) in [6.07, 6.45) is 0.945. The van der Waals surface area contributed by atoms with Gasteiger partial charge in [0.05, 0.1) is 5.75 Å². The van der Waals surface area contributed by atoms with Crippen molar-refractivity contribution in [3.63, 3.8) is 0 Å². The molecule has 2 heterocycles. The first-order valence-electron chi connectivity index (χ1n) is 8.66. The Labute approximate surface area is 162 Å². The van der Waals surface area contributed by atoms with Crippen molar-refractivity contribution in [1.82, 2.24) is 9.97 Å². The van der Waals surface area contributed by atoms with Gasteiger partial charge in [-0.2, -0.15) is 0 Å². The first kappa shape index (κ1) is 18.9. The summed E-state index contributed by atoms with van der Waals surface area (Å²) >= 11 is 3.20. The van der Waals surface area contributed by atoms with E-state index < -0.39 is 0 Å². The Morgan fingerprint density at radius 2 is 1.85 bits per heavy atom. The van der Waals surface area contributed by atoms with Crippen LogP contribution in [0, 0.1) is 27.7 Å². The summed E-state index contributed by atoms with van der Waals surface area (Å²) in [5.74, 6) is 1.07. The molecule has 1 N–H and O–H groups in total. The highest BCUT2D eigenvalue weighted by atomic mass is 32.2. The Morgan fingerprint density at radius 1 is 1.15 bits per heavy atom. The molecule has 0 bridgehead atoms. The van der Waals surface area contributed by atoms with Crippen molar-refractivity contribution in [3.05, 3.63) is 45.6 Å². The predicted molar refractivity (Wildman–Crippen MR) is 112 cm³/mol. The molecule has 0 unspecified atom stereocenters. The van der Waals surface area contributed by atoms with E-state index in [0.29, 0.717) is 5.75 Å². The number of carbonyl (C=O) groups is 1. The van der Waals surface area contributed by atoms with E-state index in [4.69, 9.17) is 0 Å². The van der Waals surface area contributed by atoms with Gasteiger partial charge in [-0.15, -0.1) is 11.3 Å². The summed E-state index contributed by atoms with van der Waals surface area (Å²) in [6.45, 7) is 10.2. The zero-order chi connectivity index (χ0) is 18.8. The first-order valence-corrected chi connectivity index (χ1v) is 10.5. The normalized spacial score (nSPS) is 11.1. The fourth-order valence-electron chi connectivity index (χ4n) is 3.09. The van der Waals surface area contributed by atoms with Crippen molar-refractivity contribution in [2.45, 2.75) is 46.1 Å². The Hall–Kier alpha value is -1.92. The lowest BCUT2D eigenvalue weighted by Crippen LogP contribution is -2.16. The maximum atomic E-state index is 12.5. The molecule has 0 atom stereocenters. The van der Waals surface area contributed by atoms with Crippen molar-refractivity contribution >= 4 is 44.9 Å². The molecule has 0 aliphatic rings. The van der Waals surface area contributed by atoms with Crippen LogP contribution in [0.3, 0.4) is 0 Å². The number of hydrogen-bond donors (Lipinski definition) is 1. The maximum Gasteiger partial charge on any atom is 0.234 e. The van der Waals surface area contributed by atoms with Gasteiger partial charge in [-0.1, -0.05) is 36.9 Å². The number of carbonyl (C=O) groups excluding carboxylic acids is 1. The molecular weight excluding hydrogens is 362 g/mol. The quantitative estimate of drug-likeness (QED) is 0.483. The third-order valence-electron chi connectivity index (χ3n) is 4.37. The molecule has 4 nitrogen and oxygen atoms in total. The lowest BCUT2D eigenvalue weighted by Gasteiger charge is -2.11. The highest BCUT2D eigenvalue weighted by Gasteiger charge is 2.17. The Morgan fingerprint density at radius 3 is 2.50 bits per heavy atom. The van der Waals surface area contributed by atoms with Crippen LogP contribution in [0.1, 0.15) is 34.3 Å². The molecule has 0 saturated carbocycles. The van der Waals surface area contributed by atoms with Gasteiger partial charge in [0.25, 0.3) is 0 Å². The number of para-hydroxylation sites is 1. The van der Waals surface area contributed by atoms with Crippen molar-refractivity contribution < 1.29 is 4.79 Å². The number of rotatable bonds is 5. The summed E-state index contributed by atoms with van der Waals surface area (Å²) in [4.78, 5) is 24.0. The average Bonchev–Trinajstić information content (AvgIpc) is 2.91. The van der Waals surface area contributed by atoms with Gasteiger partial charge in [0.2, 0.25) is 5.91 Å². The second kappa shape index (κ2) is 7.76. The molecule has 2 aromatic heterocycles. The van der Waals surface area contributed by atoms with E-state index in [1.165, 1.54) is 22.2 Å². The number of benzene rings is 1. The number of aromatic nitrogens is 2. The standard InChI is InChI=1S/C20H23N3OS2/c1-6-15-13(4)26-20-17(15)19(21-14(5)22-20)25-10-16(24)23-18-11(2)8-7-9-12(18)3/h7-9H,6,10H2,1-5H3,(H,23,24). The van der Waals surface area contributed by atoms with Crippen LogP contribution in [0.4, 0.5) is 5.69 Å². The van der Waals surface area contributed by atoms with E-state index in [9.17, 15) is 4.79 Å². The number of fused-ring (bicyclic) bond motifs is 1. The Balaban J connectivity index is 1.82. The van der Waals surface area contributed by atoms with E-state index in [2.05, 4.69) is 29.1 Å². The molecule has 0 aliphatic heterocycles. The zero-order valence-corrected chi connectivity index (χ0v) is 17.4. The molecule has 0 fully saturated rings. The number of amides is 1. The third-order valence-corrected chi connectivity index (χ3v) is 6.39. The predicted octanol–water partition coefficient (Wildman–Crippen LogP) is 5.22. The van der Waals surface area contributed by atoms with Gasteiger partial charge in [-0.05, 0) is 50.8 Å². The van der Waals surface area contributed by atoms with E-state index in [0.717, 1.165) is 44.3 Å². The van der Waals surface area contributed by atoms with Crippen LogP contribution in [0.2, 0.25) is 0 Å². The van der Waals surface area contributed by atoms with Gasteiger partial charge >= 0.3 is 0 Å². The second-order valence-corrected chi connectivity index (χ2v) is 8.52. The number of nitrogens with zero attached hydrogens (tertiary/aromatic N) is 2. The summed E-state index contributed by atoms with van der Waals surface area (Å²) in [7, 11) is 0. The molecule has 1 amide bonds. The van der Waals surface area contributed by atoms with Crippen LogP contribution in [0.15, 0.2) is 23.2 Å². The van der Waals surface area contributed by atoms with Gasteiger partial charge in [0, 0.05) is 16.0 Å². The van der Waals surface area contributed by atoms with Crippen LogP contribution in [-0.4, -0.2) is 21.6 Å². The van der Waals surface area contributed by atoms with Gasteiger partial charge in [0.1, 0.15) is 15.7 Å². The highest BCUT2D eigenvalue weighted by Crippen LogP contribution is 2.36. The van der Waals surface area contributed by atoms with Gasteiger partial charge in [-0.3, -0.25) is 4.79 Å². The molecule has 3 rings (SSSR count). The van der Waals surface area contributed by atoms with E-state index in [-0.39, 0.29) is 5.91 Å². The molecule has 136 valence electrons.